The second-order valence-corrected chi connectivity index (χ2v) is 4.94. The maximum atomic E-state index is 11.3. The van der Waals surface area contributed by atoms with Gasteiger partial charge in [-0.25, -0.2) is 0 Å². The van der Waals surface area contributed by atoms with Gasteiger partial charge in [0.1, 0.15) is 6.20 Å². The molecule has 3 aromatic rings. The van der Waals surface area contributed by atoms with Gasteiger partial charge in [-0.15, -0.1) is 0 Å². The summed E-state index contributed by atoms with van der Waals surface area (Å²) < 4.78 is 1.33. The summed E-state index contributed by atoms with van der Waals surface area (Å²) in [6, 6.07) is 9.45. The smallest absolute Gasteiger partial charge is 0.265 e. The van der Waals surface area contributed by atoms with Gasteiger partial charge < -0.3 is 0 Å². The molecule has 0 amide bonds. The lowest BCUT2D eigenvalue weighted by molar-refractivity contribution is -0.385. The molecule has 2 heterocycles. The molecule has 3 rings (SSSR count). The van der Waals surface area contributed by atoms with Crippen LogP contribution in [0.15, 0.2) is 55.0 Å². The lowest BCUT2D eigenvalue weighted by Crippen LogP contribution is -2.03. The van der Waals surface area contributed by atoms with Gasteiger partial charge in [0.2, 0.25) is 0 Å². The number of nitrogens with zero attached hydrogens (tertiary/aromatic N) is 5. The normalized spacial score (nSPS) is 10.5. The number of hydrogen-bond acceptors (Lipinski definition) is 6. The number of nitro groups is 2. The molecule has 0 N–H and O–H groups in total. The summed E-state index contributed by atoms with van der Waals surface area (Å²) in [6.07, 6.45) is 4.30. The van der Waals surface area contributed by atoms with Gasteiger partial charge in [-0.05, 0) is 12.1 Å². The van der Waals surface area contributed by atoms with E-state index in [4.69, 9.17) is 0 Å². The first-order valence-corrected chi connectivity index (χ1v) is 6.91. The van der Waals surface area contributed by atoms with Gasteiger partial charge in [0.15, 0.2) is 5.69 Å². The molecule has 0 saturated heterocycles. The molecule has 9 heteroatoms. The van der Waals surface area contributed by atoms with Crippen LogP contribution in [0.3, 0.4) is 0 Å². The molecule has 0 unspecified atom stereocenters. The van der Waals surface area contributed by atoms with E-state index < -0.39 is 9.85 Å². The summed E-state index contributed by atoms with van der Waals surface area (Å²) in [6.45, 7) is 0.0586. The highest BCUT2D eigenvalue weighted by Crippen LogP contribution is 2.28. The molecule has 2 aromatic heterocycles. The number of aromatic nitrogens is 3. The van der Waals surface area contributed by atoms with Gasteiger partial charge in [0.05, 0.1) is 22.0 Å². The Morgan fingerprint density at radius 3 is 2.29 bits per heavy atom. The zero-order chi connectivity index (χ0) is 17.1. The van der Waals surface area contributed by atoms with Gasteiger partial charge in [0, 0.05) is 24.0 Å². The standard InChI is InChI=1S/C15H11N5O4/c21-19(22)13-4-2-1-3-12(13)9-18-10-14(20(23)24)15(17-18)11-5-7-16-8-6-11/h1-8,10H,9H2. The van der Waals surface area contributed by atoms with Crippen molar-refractivity contribution < 1.29 is 9.85 Å². The number of pyridine rings is 1. The van der Waals surface area contributed by atoms with Crippen molar-refractivity contribution in [3.63, 3.8) is 0 Å². The van der Waals surface area contributed by atoms with Crippen LogP contribution in [0.1, 0.15) is 5.56 Å². The molecule has 0 aliphatic carbocycles. The number of para-hydroxylation sites is 1. The lowest BCUT2D eigenvalue weighted by atomic mass is 10.2. The molecule has 0 aliphatic heterocycles. The fraction of sp³-hybridized carbons (Fsp3) is 0.0667. The van der Waals surface area contributed by atoms with Crippen molar-refractivity contribution in [3.05, 3.63) is 80.8 Å². The van der Waals surface area contributed by atoms with Gasteiger partial charge in [0.25, 0.3) is 5.69 Å². The first-order chi connectivity index (χ1) is 11.6. The fourth-order valence-electron chi connectivity index (χ4n) is 2.34. The summed E-state index contributed by atoms with van der Waals surface area (Å²) in [7, 11) is 0. The van der Waals surface area contributed by atoms with Crippen LogP contribution in [0.2, 0.25) is 0 Å². The highest BCUT2D eigenvalue weighted by molar-refractivity contribution is 5.68. The summed E-state index contributed by atoms with van der Waals surface area (Å²) in [5, 5.41) is 26.6. The second-order valence-electron chi connectivity index (χ2n) is 4.94. The number of benzene rings is 1. The van der Waals surface area contributed by atoms with Crippen LogP contribution < -0.4 is 0 Å². The average Bonchev–Trinajstić information content (AvgIpc) is 3.00. The Kier molecular flexibility index (Phi) is 3.98. The maximum absolute atomic E-state index is 11.3. The maximum Gasteiger partial charge on any atom is 0.314 e. The van der Waals surface area contributed by atoms with Gasteiger partial charge in [-0.2, -0.15) is 5.10 Å². The summed E-state index contributed by atoms with van der Waals surface area (Å²) >= 11 is 0. The zero-order valence-electron chi connectivity index (χ0n) is 12.3. The Morgan fingerprint density at radius 1 is 0.958 bits per heavy atom. The Hall–Kier alpha value is -3.62. The van der Waals surface area contributed by atoms with Crippen LogP contribution in [-0.2, 0) is 6.54 Å². The minimum atomic E-state index is -0.529. The van der Waals surface area contributed by atoms with E-state index in [0.717, 1.165) is 0 Å². The fourth-order valence-corrected chi connectivity index (χ4v) is 2.34. The summed E-state index contributed by atoms with van der Waals surface area (Å²) in [5.74, 6) is 0. The van der Waals surface area contributed by atoms with Crippen molar-refractivity contribution >= 4 is 11.4 Å². The van der Waals surface area contributed by atoms with E-state index in [1.165, 1.54) is 29.3 Å². The Labute approximate surface area is 135 Å². The van der Waals surface area contributed by atoms with Crippen molar-refractivity contribution in [2.75, 3.05) is 0 Å². The zero-order valence-corrected chi connectivity index (χ0v) is 12.3. The molecule has 24 heavy (non-hydrogen) atoms. The predicted octanol–water partition coefficient (Wildman–Crippen LogP) is 2.81. The minimum absolute atomic E-state index is 0.0545. The molecule has 0 saturated carbocycles. The molecular weight excluding hydrogens is 314 g/mol. The summed E-state index contributed by atoms with van der Waals surface area (Å²) in [5.41, 5.74) is 0.945. The lowest BCUT2D eigenvalue weighted by Gasteiger charge is -2.02. The van der Waals surface area contributed by atoms with Crippen LogP contribution in [0.25, 0.3) is 11.3 Å². The highest BCUT2D eigenvalue weighted by atomic mass is 16.6. The third-order valence-corrected chi connectivity index (χ3v) is 3.41. The third-order valence-electron chi connectivity index (χ3n) is 3.41. The largest absolute Gasteiger partial charge is 0.314 e. The molecule has 0 bridgehead atoms. The van der Waals surface area contributed by atoms with E-state index in [9.17, 15) is 20.2 Å². The monoisotopic (exact) mass is 325 g/mol. The molecule has 0 fully saturated rings. The van der Waals surface area contributed by atoms with Crippen molar-refractivity contribution in [1.82, 2.24) is 14.8 Å². The molecule has 1 aromatic carbocycles. The number of hydrogen-bond donors (Lipinski definition) is 0. The van der Waals surface area contributed by atoms with Crippen molar-refractivity contribution in [3.8, 4) is 11.3 Å². The number of rotatable bonds is 5. The van der Waals surface area contributed by atoms with Crippen LogP contribution in [0.4, 0.5) is 11.4 Å². The third kappa shape index (κ3) is 2.95. The van der Waals surface area contributed by atoms with Crippen LogP contribution >= 0.6 is 0 Å². The molecule has 0 radical (unpaired) electrons. The first-order valence-electron chi connectivity index (χ1n) is 6.91. The van der Waals surface area contributed by atoms with Crippen LogP contribution in [-0.4, -0.2) is 24.6 Å². The quantitative estimate of drug-likeness (QED) is 0.526. The van der Waals surface area contributed by atoms with Gasteiger partial charge in [-0.3, -0.25) is 29.9 Å². The first kappa shape index (κ1) is 15.3. The Morgan fingerprint density at radius 2 is 1.62 bits per heavy atom. The number of nitro benzene ring substituents is 1. The molecule has 0 aliphatic rings. The van der Waals surface area contributed by atoms with E-state index in [-0.39, 0.29) is 23.6 Å². The average molecular weight is 325 g/mol. The molecule has 0 spiro atoms. The van der Waals surface area contributed by atoms with E-state index in [1.807, 2.05) is 0 Å². The van der Waals surface area contributed by atoms with E-state index in [0.29, 0.717) is 11.1 Å². The van der Waals surface area contributed by atoms with Crippen LogP contribution in [0, 0.1) is 20.2 Å². The predicted molar refractivity (Wildman–Crippen MR) is 84.3 cm³/mol. The topological polar surface area (TPSA) is 117 Å². The second kappa shape index (κ2) is 6.24. The highest BCUT2D eigenvalue weighted by Gasteiger charge is 2.22. The Bertz CT molecular complexity index is 907. The molecule has 9 nitrogen and oxygen atoms in total. The van der Waals surface area contributed by atoms with Gasteiger partial charge in [-0.1, -0.05) is 18.2 Å². The van der Waals surface area contributed by atoms with Crippen molar-refractivity contribution in [1.29, 1.82) is 0 Å². The van der Waals surface area contributed by atoms with Crippen LogP contribution in [0.5, 0.6) is 0 Å². The van der Waals surface area contributed by atoms with E-state index >= 15 is 0 Å². The molecule has 120 valence electrons. The summed E-state index contributed by atoms with van der Waals surface area (Å²) in [4.78, 5) is 25.2. The van der Waals surface area contributed by atoms with Crippen molar-refractivity contribution in [2.24, 2.45) is 0 Å². The van der Waals surface area contributed by atoms with Gasteiger partial charge >= 0.3 is 5.69 Å². The van der Waals surface area contributed by atoms with Crippen molar-refractivity contribution in [2.45, 2.75) is 6.54 Å². The molecular formula is C15H11N5O4. The molecule has 0 atom stereocenters. The Balaban J connectivity index is 2.02. The minimum Gasteiger partial charge on any atom is -0.265 e. The SMILES string of the molecule is O=[N+]([O-])c1ccccc1Cn1cc([N+](=O)[O-])c(-c2ccncc2)n1. The van der Waals surface area contributed by atoms with E-state index in [1.54, 1.807) is 30.3 Å². The van der Waals surface area contributed by atoms with E-state index in [2.05, 4.69) is 10.1 Å².